The number of carbonyl (C=O) groups is 2. The van der Waals surface area contributed by atoms with Gasteiger partial charge in [-0.1, -0.05) is 31.5 Å². The van der Waals surface area contributed by atoms with Crippen LogP contribution in [0.2, 0.25) is 0 Å². The molecule has 0 saturated heterocycles. The van der Waals surface area contributed by atoms with Gasteiger partial charge in [0.05, 0.1) is 18.8 Å². The van der Waals surface area contributed by atoms with Crippen LogP contribution >= 0.6 is 0 Å². The van der Waals surface area contributed by atoms with Gasteiger partial charge in [0, 0.05) is 12.0 Å². The van der Waals surface area contributed by atoms with Crippen LogP contribution in [-0.4, -0.2) is 36.7 Å². The number of benzene rings is 2. The minimum absolute atomic E-state index is 0.0310. The van der Waals surface area contributed by atoms with E-state index in [4.69, 9.17) is 19.3 Å². The number of ether oxygens (including phenoxy) is 3. The molecule has 0 amide bonds. The van der Waals surface area contributed by atoms with E-state index in [0.29, 0.717) is 30.9 Å². The fourth-order valence-electron chi connectivity index (χ4n) is 3.67. The molecular weight excluding hydrogens is 396 g/mol. The zero-order chi connectivity index (χ0) is 22.1. The molecule has 0 fully saturated rings. The molecule has 3 rings (SSSR count). The molecule has 1 aliphatic rings. The van der Waals surface area contributed by atoms with Gasteiger partial charge in [-0.05, 0) is 55.9 Å². The van der Waals surface area contributed by atoms with Crippen molar-refractivity contribution in [1.82, 2.24) is 0 Å². The zero-order valence-corrected chi connectivity index (χ0v) is 18.0. The van der Waals surface area contributed by atoms with Gasteiger partial charge in [-0.3, -0.25) is 9.59 Å². The number of carbonyl (C=O) groups excluding carboxylic acids is 1. The normalized spacial score (nSPS) is 12.4. The Kier molecular flexibility index (Phi) is 8.33. The van der Waals surface area contributed by atoms with Crippen molar-refractivity contribution >= 4 is 11.8 Å². The summed E-state index contributed by atoms with van der Waals surface area (Å²) in [5.74, 6) is 1.48. The topological polar surface area (TPSA) is 82.1 Å². The summed E-state index contributed by atoms with van der Waals surface area (Å²) in [5.41, 5.74) is 2.58. The number of hydrogen-bond acceptors (Lipinski definition) is 5. The monoisotopic (exact) mass is 426 g/mol. The number of carboxylic acid groups (broad SMARTS) is 1. The molecule has 166 valence electrons. The highest BCUT2D eigenvalue weighted by Crippen LogP contribution is 2.37. The molecule has 31 heavy (non-hydrogen) atoms. The van der Waals surface area contributed by atoms with E-state index in [0.717, 1.165) is 54.7 Å². The summed E-state index contributed by atoms with van der Waals surface area (Å²) in [4.78, 5) is 22.7. The maximum absolute atomic E-state index is 11.9. The fraction of sp³-hybridized carbons (Fsp3) is 0.440. The Hall–Kier alpha value is -3.02. The van der Waals surface area contributed by atoms with Gasteiger partial charge >= 0.3 is 5.97 Å². The summed E-state index contributed by atoms with van der Waals surface area (Å²) in [6, 6.07) is 11.3. The van der Waals surface area contributed by atoms with Gasteiger partial charge in [0.2, 0.25) is 5.78 Å². The molecule has 0 atom stereocenters. The molecule has 0 unspecified atom stereocenters. The van der Waals surface area contributed by atoms with Crippen LogP contribution in [-0.2, 0) is 17.6 Å². The van der Waals surface area contributed by atoms with Gasteiger partial charge in [0.1, 0.15) is 17.2 Å². The fourth-order valence-corrected chi connectivity index (χ4v) is 3.67. The predicted octanol–water partition coefficient (Wildman–Crippen LogP) is 4.86. The summed E-state index contributed by atoms with van der Waals surface area (Å²) < 4.78 is 17.5. The molecule has 6 heteroatoms. The van der Waals surface area contributed by atoms with E-state index in [1.54, 1.807) is 6.07 Å². The van der Waals surface area contributed by atoms with E-state index in [1.165, 1.54) is 0 Å². The molecule has 1 heterocycles. The third kappa shape index (κ3) is 6.23. The molecule has 0 saturated carbocycles. The first-order valence-electron chi connectivity index (χ1n) is 11.0. The van der Waals surface area contributed by atoms with E-state index in [9.17, 15) is 9.59 Å². The number of fused-ring (bicyclic) bond motifs is 1. The first-order valence-corrected chi connectivity index (χ1v) is 11.0. The first-order chi connectivity index (χ1) is 15.1. The van der Waals surface area contributed by atoms with Gasteiger partial charge in [0.25, 0.3) is 0 Å². The maximum Gasteiger partial charge on any atom is 0.303 e. The van der Waals surface area contributed by atoms with Gasteiger partial charge in [-0.2, -0.15) is 0 Å². The number of rotatable bonds is 13. The van der Waals surface area contributed by atoms with Crippen LogP contribution < -0.4 is 14.2 Å². The minimum atomic E-state index is -0.807. The van der Waals surface area contributed by atoms with E-state index < -0.39 is 5.97 Å². The van der Waals surface area contributed by atoms with Crippen molar-refractivity contribution in [3.05, 3.63) is 53.1 Å². The molecule has 0 aromatic heterocycles. The average molecular weight is 427 g/mol. The highest BCUT2D eigenvalue weighted by Gasteiger charge is 2.26. The van der Waals surface area contributed by atoms with Crippen molar-refractivity contribution in [2.45, 2.75) is 51.9 Å². The van der Waals surface area contributed by atoms with Crippen molar-refractivity contribution in [3.63, 3.8) is 0 Å². The SMILES string of the molecule is CCCc1c(OCCCCCOc2ccccc2CCC(=O)O)ccc2c1OCC2=O. The van der Waals surface area contributed by atoms with Crippen LogP contribution in [0.15, 0.2) is 36.4 Å². The Morgan fingerprint density at radius 2 is 1.74 bits per heavy atom. The molecule has 6 nitrogen and oxygen atoms in total. The number of carboxylic acids is 1. The standard InChI is InChI=1S/C25H30O6/c1-2-8-20-23(13-12-19-21(26)17-31-25(19)20)30-16-7-3-6-15-29-22-10-5-4-9-18(22)11-14-24(27)28/h4-5,9-10,12-13H,2-3,6-8,11,14-17H2,1H3,(H,27,28). The van der Waals surface area contributed by atoms with Crippen LogP contribution in [0.25, 0.3) is 0 Å². The van der Waals surface area contributed by atoms with Crippen molar-refractivity contribution in [2.75, 3.05) is 19.8 Å². The Morgan fingerprint density at radius 1 is 1.00 bits per heavy atom. The molecule has 0 aliphatic carbocycles. The minimum Gasteiger partial charge on any atom is -0.493 e. The second-order valence-corrected chi connectivity index (χ2v) is 7.64. The Morgan fingerprint density at radius 3 is 2.48 bits per heavy atom. The smallest absolute Gasteiger partial charge is 0.303 e. The Balaban J connectivity index is 1.41. The first kappa shape index (κ1) is 22.7. The number of unbranched alkanes of at least 4 members (excludes halogenated alkanes) is 2. The van der Waals surface area contributed by atoms with Crippen LogP contribution in [0.5, 0.6) is 17.2 Å². The lowest BCUT2D eigenvalue weighted by Gasteiger charge is -2.14. The van der Waals surface area contributed by atoms with Crippen LogP contribution in [0.4, 0.5) is 0 Å². The van der Waals surface area contributed by atoms with Gasteiger partial charge in [-0.25, -0.2) is 0 Å². The van der Waals surface area contributed by atoms with Crippen LogP contribution in [0.1, 0.15) is 60.5 Å². The molecule has 1 aliphatic heterocycles. The third-order valence-electron chi connectivity index (χ3n) is 5.25. The van der Waals surface area contributed by atoms with Crippen LogP contribution in [0, 0.1) is 0 Å². The second kappa shape index (κ2) is 11.4. The number of aliphatic carboxylic acids is 1. The largest absolute Gasteiger partial charge is 0.493 e. The molecule has 2 aromatic rings. The number of Topliss-reactive ketones (excluding diaryl/α,β-unsaturated/α-hetero) is 1. The number of para-hydroxylation sites is 1. The molecule has 0 radical (unpaired) electrons. The summed E-state index contributed by atoms with van der Waals surface area (Å²) in [6.45, 7) is 3.40. The molecule has 2 aromatic carbocycles. The third-order valence-corrected chi connectivity index (χ3v) is 5.25. The average Bonchev–Trinajstić information content (AvgIpc) is 3.14. The maximum atomic E-state index is 11.9. The molecule has 0 spiro atoms. The lowest BCUT2D eigenvalue weighted by molar-refractivity contribution is -0.136. The van der Waals surface area contributed by atoms with E-state index in [2.05, 4.69) is 6.92 Å². The number of aryl methyl sites for hydroxylation is 1. The summed E-state index contributed by atoms with van der Waals surface area (Å²) in [6.07, 6.45) is 5.08. The number of hydrogen-bond donors (Lipinski definition) is 1. The van der Waals surface area contributed by atoms with Gasteiger partial charge in [-0.15, -0.1) is 0 Å². The highest BCUT2D eigenvalue weighted by atomic mass is 16.5. The van der Waals surface area contributed by atoms with Gasteiger partial charge in [0.15, 0.2) is 6.61 Å². The second-order valence-electron chi connectivity index (χ2n) is 7.64. The lowest BCUT2D eigenvalue weighted by Crippen LogP contribution is -2.05. The van der Waals surface area contributed by atoms with Crippen molar-refractivity contribution in [1.29, 1.82) is 0 Å². The van der Waals surface area contributed by atoms with Crippen molar-refractivity contribution in [3.8, 4) is 17.2 Å². The van der Waals surface area contributed by atoms with E-state index >= 15 is 0 Å². The molecular formula is C25H30O6. The summed E-state index contributed by atoms with van der Waals surface area (Å²) in [5, 5.41) is 8.87. The quantitative estimate of drug-likeness (QED) is 0.461. The van der Waals surface area contributed by atoms with Crippen molar-refractivity contribution in [2.24, 2.45) is 0 Å². The Labute approximate surface area is 183 Å². The summed E-state index contributed by atoms with van der Waals surface area (Å²) in [7, 11) is 0. The predicted molar refractivity (Wildman–Crippen MR) is 118 cm³/mol. The van der Waals surface area contributed by atoms with E-state index in [1.807, 2.05) is 30.3 Å². The van der Waals surface area contributed by atoms with Crippen LogP contribution in [0.3, 0.4) is 0 Å². The molecule has 1 N–H and O–H groups in total. The van der Waals surface area contributed by atoms with Crippen molar-refractivity contribution < 1.29 is 28.9 Å². The van der Waals surface area contributed by atoms with E-state index in [-0.39, 0.29) is 18.8 Å². The lowest BCUT2D eigenvalue weighted by atomic mass is 10.0. The molecule has 0 bridgehead atoms. The highest BCUT2D eigenvalue weighted by molar-refractivity contribution is 6.03. The number of ketones is 1. The summed E-state index contributed by atoms with van der Waals surface area (Å²) >= 11 is 0. The van der Waals surface area contributed by atoms with Gasteiger partial charge < -0.3 is 19.3 Å². The zero-order valence-electron chi connectivity index (χ0n) is 18.0. The Bertz CT molecular complexity index is 905.